The molecular formula is C57H78Fe2O12S3. The summed E-state index contributed by atoms with van der Waals surface area (Å²) >= 11 is 0. The second-order valence-electron chi connectivity index (χ2n) is 20.7. The van der Waals surface area contributed by atoms with Gasteiger partial charge in [0.25, 0.3) is 0 Å². The molecule has 0 aromatic heterocycles. The first-order valence-corrected chi connectivity index (χ1v) is 28.5. The van der Waals surface area contributed by atoms with Gasteiger partial charge in [0.15, 0.2) is 0 Å². The summed E-state index contributed by atoms with van der Waals surface area (Å²) in [5, 5.41) is 8.47. The maximum absolute atomic E-state index is 8.52. The van der Waals surface area contributed by atoms with Crippen LogP contribution in [0.4, 0.5) is 0 Å². The number of benzene rings is 6. The van der Waals surface area contributed by atoms with Crippen molar-refractivity contribution in [1.29, 1.82) is 0 Å². The van der Waals surface area contributed by atoms with Gasteiger partial charge < -0.3 is 27.3 Å². The maximum atomic E-state index is 8.52. The Balaban J connectivity index is 0. The number of fused-ring (bicyclic) bond motifs is 3. The topological polar surface area (TPSA) is 241 Å². The Hall–Kier alpha value is -3.25. The molecule has 0 saturated heterocycles. The van der Waals surface area contributed by atoms with Crippen molar-refractivity contribution in [3.05, 3.63) is 141 Å². The number of rotatable bonds is 9. The SMILES string of the molecule is CC(C)c1cc2ccccc2c(C(C)C)c1C(C)C.CC(C)c1cc2ccccc2c(C(C)C)c1C(C)C.CC(C)c1cc2ccccc2c(C(C)C)c1C(C)C.O=S(=O)([O-])[O-].O=S(=O)([O-])[O-].O=S(=O)([O-])[O-].[Fe+3].[Fe+3]. The summed E-state index contributed by atoms with van der Waals surface area (Å²) in [5.41, 5.74) is 14.0. The normalized spacial score (nSPS) is 11.6. The van der Waals surface area contributed by atoms with E-state index in [1.807, 2.05) is 0 Å². The van der Waals surface area contributed by atoms with Gasteiger partial charge in [-0.15, -0.1) is 0 Å². The van der Waals surface area contributed by atoms with E-state index in [0.29, 0.717) is 53.3 Å². The molecule has 17 heteroatoms. The van der Waals surface area contributed by atoms with Crippen molar-refractivity contribution in [2.45, 2.75) is 178 Å². The van der Waals surface area contributed by atoms with Crippen LogP contribution in [0, 0.1) is 0 Å². The van der Waals surface area contributed by atoms with Crippen molar-refractivity contribution in [1.82, 2.24) is 0 Å². The van der Waals surface area contributed by atoms with Crippen LogP contribution in [-0.4, -0.2) is 52.6 Å². The third-order valence-electron chi connectivity index (χ3n) is 11.8. The largest absolute Gasteiger partial charge is 3.00 e. The van der Waals surface area contributed by atoms with Crippen LogP contribution >= 0.6 is 0 Å². The van der Waals surface area contributed by atoms with Crippen LogP contribution < -0.4 is 0 Å². The van der Waals surface area contributed by atoms with Crippen LogP contribution in [0.3, 0.4) is 0 Å². The molecule has 0 unspecified atom stereocenters. The average molecular weight is 1160 g/mol. The molecule has 2 radical (unpaired) electrons. The summed E-state index contributed by atoms with van der Waals surface area (Å²) in [5.74, 6) is 5.21. The standard InChI is InChI=1S/3C19H26.2Fe.3H2O4S/c3*1-12(2)17-11-15-9-7-8-10-16(15)18(13(3)4)19(17)14(5)6;;;3*1-5(2,3)4/h3*7-14H,1-6H3;;;3*(H2,1,2,3,4)/q;;;2*+3;;;/p-6. The summed E-state index contributed by atoms with van der Waals surface area (Å²) in [4.78, 5) is 0. The Morgan fingerprint density at radius 3 is 0.554 bits per heavy atom. The molecule has 0 atom stereocenters. The Bertz CT molecular complexity index is 2690. The van der Waals surface area contributed by atoms with Crippen molar-refractivity contribution in [3.8, 4) is 0 Å². The molecule has 74 heavy (non-hydrogen) atoms. The quantitative estimate of drug-likeness (QED) is 0.0746. The molecular weight excluding hydrogens is 1080 g/mol. The Kier molecular flexibility index (Phi) is 31.3. The first-order chi connectivity index (χ1) is 32.8. The van der Waals surface area contributed by atoms with Gasteiger partial charge >= 0.3 is 34.1 Å². The zero-order valence-electron chi connectivity index (χ0n) is 46.2. The molecule has 412 valence electrons. The van der Waals surface area contributed by atoms with Gasteiger partial charge in [-0.05, 0) is 136 Å². The monoisotopic (exact) mass is 1160 g/mol. The van der Waals surface area contributed by atoms with Crippen molar-refractivity contribution >= 4 is 63.5 Å². The zero-order valence-corrected chi connectivity index (χ0v) is 50.8. The predicted molar refractivity (Wildman–Crippen MR) is 290 cm³/mol. The molecule has 0 saturated carbocycles. The molecule has 6 aromatic rings. The van der Waals surface area contributed by atoms with Crippen LogP contribution in [0.25, 0.3) is 32.3 Å². The van der Waals surface area contributed by atoms with Crippen LogP contribution in [0.2, 0.25) is 0 Å². The van der Waals surface area contributed by atoms with Crippen LogP contribution in [0.5, 0.6) is 0 Å². The minimum absolute atomic E-state index is 0. The summed E-state index contributed by atoms with van der Waals surface area (Å²) in [6.07, 6.45) is 0. The van der Waals surface area contributed by atoms with E-state index in [4.69, 9.17) is 52.6 Å². The second-order valence-corrected chi connectivity index (χ2v) is 23.1. The van der Waals surface area contributed by atoms with E-state index in [1.54, 1.807) is 33.4 Å². The van der Waals surface area contributed by atoms with E-state index >= 15 is 0 Å². The second kappa shape index (κ2) is 31.8. The Labute approximate surface area is 466 Å². The van der Waals surface area contributed by atoms with Crippen molar-refractivity contribution in [2.75, 3.05) is 0 Å². The summed E-state index contributed by atoms with van der Waals surface area (Å²) < 4.78 is 102. The summed E-state index contributed by atoms with van der Waals surface area (Å²) in [7, 11) is -15.5. The van der Waals surface area contributed by atoms with Gasteiger partial charge in [-0.25, -0.2) is 0 Å². The van der Waals surface area contributed by atoms with E-state index in [9.17, 15) is 0 Å². The molecule has 0 aliphatic rings. The first kappa shape index (κ1) is 72.8. The fourth-order valence-electron chi connectivity index (χ4n) is 9.47. The molecule has 0 spiro atoms. The molecule has 0 fully saturated rings. The van der Waals surface area contributed by atoms with Crippen LogP contribution in [-0.2, 0) is 65.3 Å². The van der Waals surface area contributed by atoms with Gasteiger partial charge in [0.05, 0.1) is 0 Å². The van der Waals surface area contributed by atoms with Gasteiger partial charge in [-0.3, -0.25) is 25.3 Å². The molecule has 0 aliphatic carbocycles. The van der Waals surface area contributed by atoms with Crippen molar-refractivity contribution < 1.29 is 86.7 Å². The van der Waals surface area contributed by atoms with Gasteiger partial charge in [0.2, 0.25) is 0 Å². The third kappa shape index (κ3) is 24.4. The first-order valence-electron chi connectivity index (χ1n) is 24.5. The fourth-order valence-corrected chi connectivity index (χ4v) is 9.47. The Morgan fingerprint density at radius 2 is 0.419 bits per heavy atom. The van der Waals surface area contributed by atoms with E-state index in [-0.39, 0.29) is 34.1 Å². The van der Waals surface area contributed by atoms with Gasteiger partial charge in [-0.2, -0.15) is 0 Å². The van der Waals surface area contributed by atoms with Crippen molar-refractivity contribution in [3.63, 3.8) is 0 Å². The molecule has 6 rings (SSSR count). The number of hydrogen-bond donors (Lipinski definition) is 0. The zero-order chi connectivity index (χ0) is 56.0. The molecule has 0 heterocycles. The molecule has 0 aliphatic heterocycles. The Morgan fingerprint density at radius 1 is 0.270 bits per heavy atom. The fraction of sp³-hybridized carbons (Fsp3) is 0.474. The van der Waals surface area contributed by atoms with E-state index < -0.39 is 31.2 Å². The van der Waals surface area contributed by atoms with E-state index in [2.05, 4.69) is 216 Å². The van der Waals surface area contributed by atoms with Gasteiger partial charge in [0, 0.05) is 31.2 Å². The van der Waals surface area contributed by atoms with Crippen LogP contribution in [0.1, 0.15) is 228 Å². The minimum atomic E-state index is -5.17. The van der Waals surface area contributed by atoms with E-state index in [0.717, 1.165) is 0 Å². The third-order valence-corrected chi connectivity index (χ3v) is 11.8. The molecule has 0 amide bonds. The predicted octanol–water partition coefficient (Wildman–Crippen LogP) is 14.6. The average Bonchev–Trinajstić information content (AvgIpc) is 3.22. The molecule has 12 nitrogen and oxygen atoms in total. The van der Waals surface area contributed by atoms with Crippen molar-refractivity contribution in [2.24, 2.45) is 0 Å². The number of hydrogen-bond acceptors (Lipinski definition) is 12. The summed E-state index contributed by atoms with van der Waals surface area (Å²) in [6.45, 7) is 41.7. The van der Waals surface area contributed by atoms with Crippen LogP contribution in [0.15, 0.2) is 91.0 Å². The maximum Gasteiger partial charge on any atom is 3.00 e. The molecule has 0 bridgehead atoms. The van der Waals surface area contributed by atoms with E-state index in [1.165, 1.54) is 49.0 Å². The smallest absolute Gasteiger partial charge is 0.759 e. The summed E-state index contributed by atoms with van der Waals surface area (Å²) in [6, 6.07) is 33.7. The van der Waals surface area contributed by atoms with Gasteiger partial charge in [0.1, 0.15) is 0 Å². The molecule has 6 aromatic carbocycles. The minimum Gasteiger partial charge on any atom is -0.759 e. The van der Waals surface area contributed by atoms with Gasteiger partial charge in [-0.1, -0.05) is 216 Å². The molecule has 0 N–H and O–H groups in total.